The number of hydrogen-bond acceptors (Lipinski definition) is 3. The first kappa shape index (κ1) is 18.0. The summed E-state index contributed by atoms with van der Waals surface area (Å²) < 4.78 is 13.0. The van der Waals surface area contributed by atoms with E-state index in [1.54, 1.807) is 0 Å². The highest BCUT2D eigenvalue weighted by molar-refractivity contribution is 5.91. The van der Waals surface area contributed by atoms with Crippen LogP contribution < -0.4 is 10.2 Å². The molecule has 0 unspecified atom stereocenters. The van der Waals surface area contributed by atoms with Crippen molar-refractivity contribution in [1.82, 2.24) is 4.90 Å². The summed E-state index contributed by atoms with van der Waals surface area (Å²) in [5.41, 5.74) is 4.78. The van der Waals surface area contributed by atoms with Crippen LogP contribution in [0.15, 0.2) is 42.5 Å². The number of hydrogen-bond donors (Lipinski definition) is 1. The first-order chi connectivity index (χ1) is 13.2. The smallest absolute Gasteiger partial charge is 0.225 e. The lowest BCUT2D eigenvalue weighted by molar-refractivity contribution is -0.116. The standard InChI is InChI=1S/C22H26FN3O/c23-19-5-8-21(9-6-19)26-14-12-25(13-15-26)11-10-22(27)24-20-7-4-17-2-1-3-18(17)16-20/h4-9,16H,1-3,10-15H2,(H,24,27). The lowest BCUT2D eigenvalue weighted by atomic mass is 10.1. The molecule has 2 aromatic rings. The minimum atomic E-state index is -0.202. The second kappa shape index (κ2) is 8.09. The fourth-order valence-corrected chi connectivity index (χ4v) is 4.01. The Morgan fingerprint density at radius 3 is 2.48 bits per heavy atom. The van der Waals surface area contributed by atoms with Gasteiger partial charge in [-0.25, -0.2) is 4.39 Å². The van der Waals surface area contributed by atoms with Crippen molar-refractivity contribution in [2.45, 2.75) is 25.7 Å². The zero-order chi connectivity index (χ0) is 18.6. The van der Waals surface area contributed by atoms with E-state index in [1.165, 1.54) is 29.7 Å². The van der Waals surface area contributed by atoms with Crippen LogP contribution in [-0.4, -0.2) is 43.5 Å². The van der Waals surface area contributed by atoms with Crippen molar-refractivity contribution < 1.29 is 9.18 Å². The van der Waals surface area contributed by atoms with E-state index in [0.717, 1.165) is 56.9 Å². The van der Waals surface area contributed by atoms with Crippen LogP contribution in [0.3, 0.4) is 0 Å². The van der Waals surface area contributed by atoms with Crippen molar-refractivity contribution >= 4 is 17.3 Å². The van der Waals surface area contributed by atoms with E-state index >= 15 is 0 Å². The van der Waals surface area contributed by atoms with Gasteiger partial charge in [-0.1, -0.05) is 6.07 Å². The Hall–Kier alpha value is -2.40. The quantitative estimate of drug-likeness (QED) is 0.879. The van der Waals surface area contributed by atoms with Crippen molar-refractivity contribution in [2.75, 3.05) is 42.9 Å². The highest BCUT2D eigenvalue weighted by Gasteiger charge is 2.18. The van der Waals surface area contributed by atoms with Gasteiger partial charge in [-0.3, -0.25) is 9.69 Å². The minimum absolute atomic E-state index is 0.0777. The number of benzene rings is 2. The number of fused-ring (bicyclic) bond motifs is 1. The molecule has 0 radical (unpaired) electrons. The SMILES string of the molecule is O=C(CCN1CCN(c2ccc(F)cc2)CC1)Nc1ccc2c(c1)CCC2. The van der Waals surface area contributed by atoms with E-state index in [4.69, 9.17) is 0 Å². The predicted octanol–water partition coefficient (Wildman–Crippen LogP) is 3.47. The predicted molar refractivity (Wildman–Crippen MR) is 107 cm³/mol. The van der Waals surface area contributed by atoms with Gasteiger partial charge in [0.1, 0.15) is 5.82 Å². The summed E-state index contributed by atoms with van der Waals surface area (Å²) in [7, 11) is 0. The van der Waals surface area contributed by atoms with Crippen LogP contribution in [0.1, 0.15) is 24.0 Å². The molecule has 1 aliphatic heterocycles. The lowest BCUT2D eigenvalue weighted by Gasteiger charge is -2.36. The Kier molecular flexibility index (Phi) is 5.39. The summed E-state index contributed by atoms with van der Waals surface area (Å²) in [6, 6.07) is 13.0. The van der Waals surface area contributed by atoms with Gasteiger partial charge in [-0.05, 0) is 66.8 Å². The van der Waals surface area contributed by atoms with Crippen molar-refractivity contribution in [3.8, 4) is 0 Å². The Morgan fingerprint density at radius 1 is 0.963 bits per heavy atom. The van der Waals surface area contributed by atoms with Gasteiger partial charge in [0.2, 0.25) is 5.91 Å². The van der Waals surface area contributed by atoms with Gasteiger partial charge in [0.05, 0.1) is 0 Å². The van der Waals surface area contributed by atoms with Gasteiger partial charge >= 0.3 is 0 Å². The van der Waals surface area contributed by atoms with Crippen molar-refractivity contribution in [3.63, 3.8) is 0 Å². The van der Waals surface area contributed by atoms with Gasteiger partial charge in [-0.15, -0.1) is 0 Å². The van der Waals surface area contributed by atoms with E-state index in [0.29, 0.717) is 6.42 Å². The average Bonchev–Trinajstić information content (AvgIpc) is 3.15. The number of rotatable bonds is 5. The molecule has 1 aliphatic carbocycles. The highest BCUT2D eigenvalue weighted by atomic mass is 19.1. The third-order valence-corrected chi connectivity index (χ3v) is 5.60. The van der Waals surface area contributed by atoms with E-state index in [9.17, 15) is 9.18 Å². The number of anilines is 2. The Labute approximate surface area is 160 Å². The third kappa shape index (κ3) is 4.48. The highest BCUT2D eigenvalue weighted by Crippen LogP contribution is 2.25. The molecule has 2 aliphatic rings. The number of halogens is 1. The number of amides is 1. The molecule has 1 saturated heterocycles. The van der Waals surface area contributed by atoms with Crippen molar-refractivity contribution in [1.29, 1.82) is 0 Å². The molecule has 2 aromatic carbocycles. The number of aryl methyl sites for hydroxylation is 2. The summed E-state index contributed by atoms with van der Waals surface area (Å²) in [5.74, 6) is -0.124. The largest absolute Gasteiger partial charge is 0.369 e. The zero-order valence-corrected chi connectivity index (χ0v) is 15.6. The maximum Gasteiger partial charge on any atom is 0.225 e. The molecule has 142 valence electrons. The molecule has 0 spiro atoms. The Bertz CT molecular complexity index is 798. The zero-order valence-electron chi connectivity index (χ0n) is 15.6. The van der Waals surface area contributed by atoms with Crippen molar-refractivity contribution in [2.24, 2.45) is 0 Å². The second-order valence-corrected chi connectivity index (χ2v) is 7.44. The summed E-state index contributed by atoms with van der Waals surface area (Å²) in [6.07, 6.45) is 4.01. The number of carbonyl (C=O) groups is 1. The molecule has 0 bridgehead atoms. The molecular formula is C22H26FN3O. The summed E-state index contributed by atoms with van der Waals surface area (Å²) in [6.45, 7) is 4.41. The van der Waals surface area contributed by atoms with Crippen LogP contribution in [0.4, 0.5) is 15.8 Å². The molecule has 0 aromatic heterocycles. The fourth-order valence-electron chi connectivity index (χ4n) is 4.01. The summed E-state index contributed by atoms with van der Waals surface area (Å²) >= 11 is 0. The first-order valence-electron chi connectivity index (χ1n) is 9.82. The molecule has 27 heavy (non-hydrogen) atoms. The maximum absolute atomic E-state index is 13.0. The van der Waals surface area contributed by atoms with Gasteiger partial charge in [0.25, 0.3) is 0 Å². The van der Waals surface area contributed by atoms with Gasteiger partial charge < -0.3 is 10.2 Å². The van der Waals surface area contributed by atoms with Crippen LogP contribution in [0, 0.1) is 5.82 Å². The van der Waals surface area contributed by atoms with Crippen molar-refractivity contribution in [3.05, 3.63) is 59.4 Å². The molecular weight excluding hydrogens is 341 g/mol. The third-order valence-electron chi connectivity index (χ3n) is 5.60. The molecule has 4 nitrogen and oxygen atoms in total. The fraction of sp³-hybridized carbons (Fsp3) is 0.409. The van der Waals surface area contributed by atoms with Crippen LogP contribution in [0.25, 0.3) is 0 Å². The first-order valence-corrected chi connectivity index (χ1v) is 9.82. The molecule has 5 heteroatoms. The molecule has 1 heterocycles. The topological polar surface area (TPSA) is 35.6 Å². The average molecular weight is 367 g/mol. The minimum Gasteiger partial charge on any atom is -0.369 e. The normalized spacial score (nSPS) is 17.0. The van der Waals surface area contributed by atoms with Crippen LogP contribution >= 0.6 is 0 Å². The second-order valence-electron chi connectivity index (χ2n) is 7.44. The van der Waals surface area contributed by atoms with Crippen LogP contribution in [0.5, 0.6) is 0 Å². The summed E-state index contributed by atoms with van der Waals surface area (Å²) in [4.78, 5) is 16.9. The number of nitrogens with one attached hydrogen (secondary N) is 1. The van der Waals surface area contributed by atoms with Gasteiger partial charge in [-0.2, -0.15) is 0 Å². The molecule has 1 amide bonds. The Morgan fingerprint density at radius 2 is 1.70 bits per heavy atom. The number of carbonyl (C=O) groups excluding carboxylic acids is 1. The maximum atomic E-state index is 13.0. The van der Waals surface area contributed by atoms with Crippen LogP contribution in [-0.2, 0) is 17.6 Å². The molecule has 1 fully saturated rings. The number of nitrogens with zero attached hydrogens (tertiary/aromatic N) is 2. The van der Waals surface area contributed by atoms with Crippen LogP contribution in [0.2, 0.25) is 0 Å². The molecule has 0 atom stereocenters. The van der Waals surface area contributed by atoms with E-state index in [1.807, 2.05) is 18.2 Å². The Balaban J connectivity index is 1.21. The monoisotopic (exact) mass is 367 g/mol. The van der Waals surface area contributed by atoms with E-state index in [2.05, 4.69) is 27.2 Å². The van der Waals surface area contributed by atoms with Gasteiger partial charge in [0, 0.05) is 50.5 Å². The summed E-state index contributed by atoms with van der Waals surface area (Å²) in [5, 5.41) is 3.04. The number of piperazine rings is 1. The lowest BCUT2D eigenvalue weighted by Crippen LogP contribution is -2.47. The van der Waals surface area contributed by atoms with E-state index < -0.39 is 0 Å². The molecule has 4 rings (SSSR count). The van der Waals surface area contributed by atoms with Gasteiger partial charge in [0.15, 0.2) is 0 Å². The molecule has 0 saturated carbocycles. The van der Waals surface area contributed by atoms with E-state index in [-0.39, 0.29) is 11.7 Å². The molecule has 1 N–H and O–H groups in total.